The fourth-order valence-corrected chi connectivity index (χ4v) is 4.78. The average Bonchev–Trinajstić information content (AvgIpc) is 3.11. The van der Waals surface area contributed by atoms with Crippen molar-refractivity contribution in [2.75, 3.05) is 19.3 Å². The van der Waals surface area contributed by atoms with E-state index in [1.807, 2.05) is 0 Å². The highest BCUT2D eigenvalue weighted by Crippen LogP contribution is 2.34. The zero-order chi connectivity index (χ0) is 13.7. The molecule has 2 aliphatic rings. The van der Waals surface area contributed by atoms with Gasteiger partial charge in [0.15, 0.2) is 0 Å². The van der Waals surface area contributed by atoms with E-state index in [0.717, 1.165) is 18.0 Å². The van der Waals surface area contributed by atoms with Gasteiger partial charge in [-0.2, -0.15) is 11.8 Å². The van der Waals surface area contributed by atoms with Crippen LogP contribution in [0.5, 0.6) is 0 Å². The van der Waals surface area contributed by atoms with Crippen molar-refractivity contribution in [1.29, 1.82) is 0 Å². The van der Waals surface area contributed by atoms with Gasteiger partial charge >= 0.3 is 0 Å². The van der Waals surface area contributed by atoms with Gasteiger partial charge in [-0.3, -0.25) is 0 Å². The Morgan fingerprint density at radius 2 is 1.95 bits per heavy atom. The Morgan fingerprint density at radius 1 is 1.16 bits per heavy atom. The lowest BCUT2D eigenvalue weighted by atomic mass is 9.92. The predicted molar refractivity (Wildman–Crippen MR) is 87.0 cm³/mol. The highest BCUT2D eigenvalue weighted by atomic mass is 32.2. The van der Waals surface area contributed by atoms with Crippen LogP contribution in [0.15, 0.2) is 0 Å². The maximum atomic E-state index is 3.94. The van der Waals surface area contributed by atoms with Crippen LogP contribution < -0.4 is 10.6 Å². The maximum absolute atomic E-state index is 3.94. The van der Waals surface area contributed by atoms with Crippen molar-refractivity contribution in [2.45, 2.75) is 75.6 Å². The highest BCUT2D eigenvalue weighted by molar-refractivity contribution is 8.00. The molecule has 0 aromatic rings. The molecule has 3 unspecified atom stereocenters. The molecular weight excluding hydrogens is 252 g/mol. The molecule has 1 saturated heterocycles. The van der Waals surface area contributed by atoms with Crippen LogP contribution in [0.25, 0.3) is 0 Å². The monoisotopic (exact) mass is 284 g/mol. The van der Waals surface area contributed by atoms with Crippen LogP contribution in [-0.4, -0.2) is 36.2 Å². The Labute approximate surface area is 123 Å². The quantitative estimate of drug-likeness (QED) is 0.749. The molecule has 2 fully saturated rings. The van der Waals surface area contributed by atoms with E-state index in [1.54, 1.807) is 0 Å². The molecule has 1 heterocycles. The molecule has 1 aliphatic carbocycles. The summed E-state index contributed by atoms with van der Waals surface area (Å²) in [4.78, 5) is 0. The van der Waals surface area contributed by atoms with Gasteiger partial charge in [0.25, 0.3) is 0 Å². The van der Waals surface area contributed by atoms with Gasteiger partial charge in [-0.1, -0.05) is 20.3 Å². The van der Waals surface area contributed by atoms with E-state index in [0.29, 0.717) is 4.75 Å². The second-order valence-electron chi connectivity index (χ2n) is 6.38. The number of hydrogen-bond acceptors (Lipinski definition) is 3. The fourth-order valence-electron chi connectivity index (χ4n) is 3.98. The van der Waals surface area contributed by atoms with Crippen molar-refractivity contribution in [3.63, 3.8) is 0 Å². The van der Waals surface area contributed by atoms with E-state index in [-0.39, 0.29) is 0 Å². The Kier molecular flexibility index (Phi) is 6.04. The second-order valence-corrected chi connectivity index (χ2v) is 7.65. The molecule has 0 radical (unpaired) electrons. The third-order valence-corrected chi connectivity index (χ3v) is 7.18. The van der Waals surface area contributed by atoms with Gasteiger partial charge in [-0.25, -0.2) is 0 Å². The van der Waals surface area contributed by atoms with Crippen LogP contribution in [0.2, 0.25) is 0 Å². The molecule has 1 saturated carbocycles. The van der Waals surface area contributed by atoms with Gasteiger partial charge in [-0.05, 0) is 57.2 Å². The van der Waals surface area contributed by atoms with Crippen LogP contribution in [0.1, 0.15) is 58.8 Å². The molecule has 0 aromatic heterocycles. The molecule has 19 heavy (non-hydrogen) atoms. The van der Waals surface area contributed by atoms with E-state index in [1.165, 1.54) is 58.0 Å². The first kappa shape index (κ1) is 15.7. The smallest absolute Gasteiger partial charge is 0.0276 e. The normalized spacial score (nSPS) is 32.1. The molecule has 3 heteroatoms. The first-order chi connectivity index (χ1) is 9.24. The molecular formula is C16H32N2S. The highest BCUT2D eigenvalue weighted by Gasteiger charge is 2.36. The summed E-state index contributed by atoms with van der Waals surface area (Å²) in [6.07, 6.45) is 11.9. The van der Waals surface area contributed by atoms with Crippen molar-refractivity contribution in [2.24, 2.45) is 5.92 Å². The molecule has 2 N–H and O–H groups in total. The van der Waals surface area contributed by atoms with Crippen molar-refractivity contribution in [3.05, 3.63) is 0 Å². The molecule has 2 nitrogen and oxygen atoms in total. The molecule has 3 atom stereocenters. The zero-order valence-electron chi connectivity index (χ0n) is 13.0. The summed E-state index contributed by atoms with van der Waals surface area (Å²) in [6.45, 7) is 7.11. The SMILES string of the molecule is CCC(CC)(CNC1CCCC1C1CCCN1)SC. The van der Waals surface area contributed by atoms with Gasteiger partial charge in [0.1, 0.15) is 0 Å². The number of thioether (sulfide) groups is 1. The summed E-state index contributed by atoms with van der Waals surface area (Å²) in [7, 11) is 0. The molecule has 0 bridgehead atoms. The lowest BCUT2D eigenvalue weighted by molar-refractivity contribution is 0.309. The maximum Gasteiger partial charge on any atom is 0.0276 e. The lowest BCUT2D eigenvalue weighted by Crippen LogP contribution is -2.47. The van der Waals surface area contributed by atoms with E-state index in [2.05, 4.69) is 42.5 Å². The van der Waals surface area contributed by atoms with Gasteiger partial charge in [0.2, 0.25) is 0 Å². The van der Waals surface area contributed by atoms with E-state index in [9.17, 15) is 0 Å². The van der Waals surface area contributed by atoms with Crippen LogP contribution in [0, 0.1) is 5.92 Å². The molecule has 2 rings (SSSR count). The first-order valence-corrected chi connectivity index (χ1v) is 9.49. The summed E-state index contributed by atoms with van der Waals surface area (Å²) < 4.78 is 0.455. The minimum atomic E-state index is 0.455. The third-order valence-electron chi connectivity index (χ3n) is 5.59. The Balaban J connectivity index is 1.87. The molecule has 112 valence electrons. The third kappa shape index (κ3) is 3.68. The minimum Gasteiger partial charge on any atom is -0.314 e. The topological polar surface area (TPSA) is 24.1 Å². The number of nitrogens with one attached hydrogen (secondary N) is 2. The summed E-state index contributed by atoms with van der Waals surface area (Å²) in [5.74, 6) is 0.885. The minimum absolute atomic E-state index is 0.455. The van der Waals surface area contributed by atoms with Gasteiger partial charge < -0.3 is 10.6 Å². The van der Waals surface area contributed by atoms with E-state index >= 15 is 0 Å². The van der Waals surface area contributed by atoms with Crippen LogP contribution in [0.4, 0.5) is 0 Å². The van der Waals surface area contributed by atoms with E-state index < -0.39 is 0 Å². The molecule has 0 amide bonds. The number of rotatable bonds is 7. The molecule has 0 spiro atoms. The van der Waals surface area contributed by atoms with Crippen LogP contribution >= 0.6 is 11.8 Å². The summed E-state index contributed by atoms with van der Waals surface area (Å²) in [6, 6.07) is 1.56. The van der Waals surface area contributed by atoms with Crippen LogP contribution in [-0.2, 0) is 0 Å². The summed E-state index contributed by atoms with van der Waals surface area (Å²) in [5.41, 5.74) is 0. The first-order valence-electron chi connectivity index (χ1n) is 8.26. The van der Waals surface area contributed by atoms with Crippen molar-refractivity contribution < 1.29 is 0 Å². The van der Waals surface area contributed by atoms with Crippen molar-refractivity contribution in [1.82, 2.24) is 10.6 Å². The van der Waals surface area contributed by atoms with Crippen molar-refractivity contribution >= 4 is 11.8 Å². The van der Waals surface area contributed by atoms with Crippen molar-refractivity contribution in [3.8, 4) is 0 Å². The fraction of sp³-hybridized carbons (Fsp3) is 1.00. The number of hydrogen-bond donors (Lipinski definition) is 2. The average molecular weight is 285 g/mol. The largest absolute Gasteiger partial charge is 0.314 e. The Bertz CT molecular complexity index is 251. The van der Waals surface area contributed by atoms with Gasteiger partial charge in [0, 0.05) is 23.4 Å². The summed E-state index contributed by atoms with van der Waals surface area (Å²) >= 11 is 2.06. The molecule has 0 aromatic carbocycles. The zero-order valence-corrected chi connectivity index (χ0v) is 13.8. The second kappa shape index (κ2) is 7.33. The standard InChI is InChI=1S/C16H32N2S/c1-4-16(5-2,19-3)12-18-15-9-6-8-13(15)14-10-7-11-17-14/h13-15,17-18H,4-12H2,1-3H3. The van der Waals surface area contributed by atoms with E-state index in [4.69, 9.17) is 0 Å². The Hall–Kier alpha value is 0.270. The predicted octanol–water partition coefficient (Wildman–Crippen LogP) is 3.42. The molecule has 1 aliphatic heterocycles. The van der Waals surface area contributed by atoms with Crippen LogP contribution in [0.3, 0.4) is 0 Å². The summed E-state index contributed by atoms with van der Waals surface area (Å²) in [5, 5.41) is 7.66. The van der Waals surface area contributed by atoms with Gasteiger partial charge in [0.05, 0.1) is 0 Å². The van der Waals surface area contributed by atoms with Gasteiger partial charge in [-0.15, -0.1) is 0 Å². The Morgan fingerprint density at radius 3 is 2.53 bits per heavy atom. The lowest BCUT2D eigenvalue weighted by Gasteiger charge is -2.34.